The van der Waals surface area contributed by atoms with Crippen LogP contribution >= 0.6 is 0 Å². The number of hydrogen-bond donors (Lipinski definition) is 3. The highest BCUT2D eigenvalue weighted by molar-refractivity contribution is 5.88. The SMILES string of the molecule is COc1ccc(Nc2cc(Nc3ccc(NC(C)=O)cc3)ncn2)cc1OC. The fraction of sp³-hybridized carbons (Fsp3) is 0.150. The van der Waals surface area contributed by atoms with Gasteiger partial charge < -0.3 is 25.4 Å². The number of hydrogen-bond acceptors (Lipinski definition) is 7. The van der Waals surface area contributed by atoms with Crippen LogP contribution in [0.2, 0.25) is 0 Å². The summed E-state index contributed by atoms with van der Waals surface area (Å²) in [6, 6.07) is 14.6. The van der Waals surface area contributed by atoms with Crippen LogP contribution in [0.25, 0.3) is 0 Å². The number of nitrogens with zero attached hydrogens (tertiary/aromatic N) is 2. The molecule has 8 heteroatoms. The monoisotopic (exact) mass is 379 g/mol. The molecule has 3 N–H and O–H groups in total. The largest absolute Gasteiger partial charge is 0.493 e. The van der Waals surface area contributed by atoms with Crippen molar-refractivity contribution < 1.29 is 14.3 Å². The summed E-state index contributed by atoms with van der Waals surface area (Å²) in [5, 5.41) is 9.14. The summed E-state index contributed by atoms with van der Waals surface area (Å²) in [6.07, 6.45) is 1.47. The van der Waals surface area contributed by atoms with E-state index in [1.807, 2.05) is 42.5 Å². The first-order valence-corrected chi connectivity index (χ1v) is 8.53. The van der Waals surface area contributed by atoms with Gasteiger partial charge in [0, 0.05) is 36.1 Å². The van der Waals surface area contributed by atoms with Crippen molar-refractivity contribution in [3.63, 3.8) is 0 Å². The summed E-state index contributed by atoms with van der Waals surface area (Å²) in [5.41, 5.74) is 2.38. The second-order valence-corrected chi connectivity index (χ2v) is 5.87. The van der Waals surface area contributed by atoms with E-state index in [4.69, 9.17) is 9.47 Å². The molecular formula is C20H21N5O3. The van der Waals surface area contributed by atoms with Crippen LogP contribution in [0.1, 0.15) is 6.92 Å². The number of anilines is 5. The molecule has 0 unspecified atom stereocenters. The van der Waals surface area contributed by atoms with Crippen molar-refractivity contribution in [1.29, 1.82) is 0 Å². The first kappa shape index (κ1) is 19.0. The fourth-order valence-corrected chi connectivity index (χ4v) is 2.54. The van der Waals surface area contributed by atoms with Gasteiger partial charge in [-0.1, -0.05) is 0 Å². The van der Waals surface area contributed by atoms with E-state index >= 15 is 0 Å². The quantitative estimate of drug-likeness (QED) is 0.572. The first-order valence-electron chi connectivity index (χ1n) is 8.53. The molecule has 8 nitrogen and oxygen atoms in total. The normalized spacial score (nSPS) is 10.1. The van der Waals surface area contributed by atoms with Gasteiger partial charge in [-0.05, 0) is 36.4 Å². The maximum Gasteiger partial charge on any atom is 0.221 e. The third-order valence-electron chi connectivity index (χ3n) is 3.80. The van der Waals surface area contributed by atoms with Crippen LogP contribution in [-0.2, 0) is 4.79 Å². The molecule has 1 amide bonds. The Balaban J connectivity index is 1.71. The van der Waals surface area contributed by atoms with Gasteiger partial charge in [-0.2, -0.15) is 0 Å². The number of ether oxygens (including phenoxy) is 2. The summed E-state index contributed by atoms with van der Waals surface area (Å²) in [4.78, 5) is 19.6. The van der Waals surface area contributed by atoms with Crippen LogP contribution in [0, 0.1) is 0 Å². The molecule has 0 saturated carbocycles. The van der Waals surface area contributed by atoms with Crippen LogP contribution in [0.4, 0.5) is 28.7 Å². The topological polar surface area (TPSA) is 97.4 Å². The first-order chi connectivity index (χ1) is 13.6. The Kier molecular flexibility index (Phi) is 5.91. The average Bonchev–Trinajstić information content (AvgIpc) is 2.69. The zero-order valence-electron chi connectivity index (χ0n) is 15.8. The Labute approximate surface area is 162 Å². The predicted molar refractivity (Wildman–Crippen MR) is 109 cm³/mol. The molecule has 1 aromatic heterocycles. The van der Waals surface area contributed by atoms with Gasteiger partial charge in [-0.15, -0.1) is 0 Å². The molecule has 0 fully saturated rings. The number of carbonyl (C=O) groups is 1. The number of aromatic nitrogens is 2. The van der Waals surface area contributed by atoms with Crippen LogP contribution in [0.5, 0.6) is 11.5 Å². The number of nitrogens with one attached hydrogen (secondary N) is 3. The van der Waals surface area contributed by atoms with Crippen molar-refractivity contribution in [3.05, 3.63) is 54.9 Å². The molecule has 3 aromatic rings. The highest BCUT2D eigenvalue weighted by Crippen LogP contribution is 2.31. The van der Waals surface area contributed by atoms with Crippen molar-refractivity contribution in [2.24, 2.45) is 0 Å². The second kappa shape index (κ2) is 8.72. The third kappa shape index (κ3) is 4.88. The fourth-order valence-electron chi connectivity index (χ4n) is 2.54. The molecule has 144 valence electrons. The average molecular weight is 379 g/mol. The van der Waals surface area contributed by atoms with E-state index in [9.17, 15) is 4.79 Å². The molecule has 3 rings (SSSR count). The Hall–Kier alpha value is -3.81. The molecule has 0 aliphatic heterocycles. The maximum atomic E-state index is 11.1. The van der Waals surface area contributed by atoms with E-state index in [0.29, 0.717) is 23.1 Å². The van der Waals surface area contributed by atoms with E-state index in [1.165, 1.54) is 13.3 Å². The molecule has 0 aliphatic rings. The lowest BCUT2D eigenvalue weighted by Crippen LogP contribution is -2.05. The van der Waals surface area contributed by atoms with Gasteiger partial charge >= 0.3 is 0 Å². The minimum atomic E-state index is -0.109. The number of carbonyl (C=O) groups excluding carboxylic acids is 1. The van der Waals surface area contributed by atoms with Crippen molar-refractivity contribution >= 4 is 34.6 Å². The maximum absolute atomic E-state index is 11.1. The summed E-state index contributed by atoms with van der Waals surface area (Å²) < 4.78 is 10.6. The Morgan fingerprint density at radius 1 is 0.786 bits per heavy atom. The number of amides is 1. The van der Waals surface area contributed by atoms with E-state index in [2.05, 4.69) is 25.9 Å². The van der Waals surface area contributed by atoms with Gasteiger partial charge in [0.25, 0.3) is 0 Å². The highest BCUT2D eigenvalue weighted by atomic mass is 16.5. The Bertz CT molecular complexity index is 960. The molecule has 0 atom stereocenters. The van der Waals surface area contributed by atoms with Crippen molar-refractivity contribution in [1.82, 2.24) is 9.97 Å². The second-order valence-electron chi connectivity index (χ2n) is 5.87. The summed E-state index contributed by atoms with van der Waals surface area (Å²) >= 11 is 0. The summed E-state index contributed by atoms with van der Waals surface area (Å²) in [7, 11) is 3.18. The van der Waals surface area contributed by atoms with Gasteiger partial charge in [0.15, 0.2) is 11.5 Å². The predicted octanol–water partition coefficient (Wildman–Crippen LogP) is 3.94. The minimum absolute atomic E-state index is 0.109. The Morgan fingerprint density at radius 3 is 1.96 bits per heavy atom. The van der Waals surface area contributed by atoms with Gasteiger partial charge in [0.05, 0.1) is 14.2 Å². The van der Waals surface area contributed by atoms with Gasteiger partial charge in [0.2, 0.25) is 5.91 Å². The van der Waals surface area contributed by atoms with Crippen molar-refractivity contribution in [2.45, 2.75) is 6.92 Å². The molecule has 28 heavy (non-hydrogen) atoms. The van der Waals surface area contributed by atoms with Crippen LogP contribution < -0.4 is 25.4 Å². The summed E-state index contributed by atoms with van der Waals surface area (Å²) in [5.74, 6) is 2.42. The van der Waals surface area contributed by atoms with Gasteiger partial charge in [0.1, 0.15) is 18.0 Å². The molecule has 0 spiro atoms. The number of rotatable bonds is 7. The smallest absolute Gasteiger partial charge is 0.221 e. The lowest BCUT2D eigenvalue weighted by atomic mass is 10.2. The van der Waals surface area contributed by atoms with E-state index in [1.54, 1.807) is 20.3 Å². The highest BCUT2D eigenvalue weighted by Gasteiger charge is 2.06. The van der Waals surface area contributed by atoms with E-state index in [-0.39, 0.29) is 5.91 Å². The van der Waals surface area contributed by atoms with Gasteiger partial charge in [-0.25, -0.2) is 9.97 Å². The Morgan fingerprint density at radius 2 is 1.36 bits per heavy atom. The standard InChI is InChI=1S/C20H21N5O3/c1-13(26)23-14-4-6-15(7-5-14)24-19-11-20(22-12-21-19)25-16-8-9-17(27-2)18(10-16)28-3/h4-12H,1-3H3,(H,23,26)(H2,21,22,24,25). The third-order valence-corrected chi connectivity index (χ3v) is 3.80. The lowest BCUT2D eigenvalue weighted by Gasteiger charge is -2.12. The van der Waals surface area contributed by atoms with Crippen molar-refractivity contribution in [3.8, 4) is 11.5 Å². The zero-order chi connectivity index (χ0) is 19.9. The molecule has 0 radical (unpaired) electrons. The molecule has 2 aromatic carbocycles. The molecule has 1 heterocycles. The minimum Gasteiger partial charge on any atom is -0.493 e. The summed E-state index contributed by atoms with van der Waals surface area (Å²) in [6.45, 7) is 1.47. The van der Waals surface area contributed by atoms with Gasteiger partial charge in [-0.3, -0.25) is 4.79 Å². The molecule has 0 saturated heterocycles. The van der Waals surface area contributed by atoms with Crippen molar-refractivity contribution in [2.75, 3.05) is 30.2 Å². The van der Waals surface area contributed by atoms with Crippen LogP contribution in [0.15, 0.2) is 54.9 Å². The number of benzene rings is 2. The molecule has 0 bridgehead atoms. The molecular weight excluding hydrogens is 358 g/mol. The zero-order valence-corrected chi connectivity index (χ0v) is 15.8. The van der Waals surface area contributed by atoms with Crippen LogP contribution in [-0.4, -0.2) is 30.1 Å². The van der Waals surface area contributed by atoms with Crippen LogP contribution in [0.3, 0.4) is 0 Å². The van der Waals surface area contributed by atoms with E-state index < -0.39 is 0 Å². The lowest BCUT2D eigenvalue weighted by molar-refractivity contribution is -0.114. The van der Waals surface area contributed by atoms with E-state index in [0.717, 1.165) is 17.1 Å². The number of methoxy groups -OCH3 is 2. The molecule has 0 aliphatic carbocycles.